The van der Waals surface area contributed by atoms with E-state index in [0.717, 1.165) is 5.46 Å². The second kappa shape index (κ2) is 4.33. The van der Waals surface area contributed by atoms with E-state index in [1.54, 1.807) is 12.1 Å². The zero-order chi connectivity index (χ0) is 10.7. The van der Waals surface area contributed by atoms with E-state index in [9.17, 15) is 4.79 Å². The van der Waals surface area contributed by atoms with Crippen LogP contribution in [0, 0.1) is 0 Å². The molecule has 0 fully saturated rings. The minimum Gasteiger partial charge on any atom is -0.492 e. The molecule has 5 nitrogen and oxygen atoms in total. The third-order valence-electron chi connectivity index (χ3n) is 2.20. The molecule has 0 atom stereocenters. The maximum atomic E-state index is 11.3. The van der Waals surface area contributed by atoms with Crippen LogP contribution in [0.2, 0.25) is 0 Å². The minimum atomic E-state index is -0.327. The number of hydrogen-bond acceptors (Lipinski definition) is 4. The van der Waals surface area contributed by atoms with Crippen LogP contribution in [0.3, 0.4) is 0 Å². The van der Waals surface area contributed by atoms with Crippen LogP contribution in [0.4, 0.5) is 0 Å². The first-order valence-corrected chi connectivity index (χ1v) is 4.65. The topological polar surface area (TPSA) is 73.6 Å². The van der Waals surface area contributed by atoms with Crippen molar-refractivity contribution in [3.05, 3.63) is 23.8 Å². The molecule has 2 rings (SSSR count). The first kappa shape index (κ1) is 10.0. The van der Waals surface area contributed by atoms with Crippen LogP contribution in [-0.2, 0) is 4.65 Å². The Morgan fingerprint density at radius 3 is 3.13 bits per heavy atom. The Kier molecular flexibility index (Phi) is 2.89. The van der Waals surface area contributed by atoms with Crippen molar-refractivity contribution in [3.8, 4) is 5.75 Å². The molecule has 15 heavy (non-hydrogen) atoms. The predicted octanol–water partition coefficient (Wildman–Crippen LogP) is -1.32. The highest BCUT2D eigenvalue weighted by molar-refractivity contribution is 6.48. The summed E-state index contributed by atoms with van der Waals surface area (Å²) in [5, 5.41) is 0. The van der Waals surface area contributed by atoms with Gasteiger partial charge >= 0.3 is 7.48 Å². The molecule has 1 amide bonds. The fraction of sp³-hybridized carbons (Fsp3) is 0.222. The molecule has 1 aromatic carbocycles. The van der Waals surface area contributed by atoms with Gasteiger partial charge in [0, 0.05) is 5.56 Å². The molecule has 0 spiro atoms. The van der Waals surface area contributed by atoms with E-state index in [1.807, 2.05) is 6.07 Å². The van der Waals surface area contributed by atoms with Gasteiger partial charge in [-0.2, -0.15) is 0 Å². The number of ether oxygens (including phenoxy) is 1. The third kappa shape index (κ3) is 2.11. The van der Waals surface area contributed by atoms with Crippen molar-refractivity contribution < 1.29 is 14.2 Å². The monoisotopic (exact) mass is 206 g/mol. The Hall–Kier alpha value is -1.53. The van der Waals surface area contributed by atoms with Gasteiger partial charge in [0.15, 0.2) is 0 Å². The van der Waals surface area contributed by atoms with E-state index < -0.39 is 0 Å². The van der Waals surface area contributed by atoms with Crippen molar-refractivity contribution in [2.75, 3.05) is 13.2 Å². The summed E-state index contributed by atoms with van der Waals surface area (Å²) in [7, 11) is 0.514. The Balaban J connectivity index is 2.31. The van der Waals surface area contributed by atoms with Gasteiger partial charge in [0.05, 0.1) is 6.61 Å². The third-order valence-corrected chi connectivity index (χ3v) is 2.20. The van der Waals surface area contributed by atoms with E-state index in [4.69, 9.17) is 15.2 Å². The average molecular weight is 206 g/mol. The molecule has 3 N–H and O–H groups in total. The van der Waals surface area contributed by atoms with E-state index in [-0.39, 0.29) is 5.91 Å². The van der Waals surface area contributed by atoms with Crippen molar-refractivity contribution in [1.82, 2.24) is 5.43 Å². The van der Waals surface area contributed by atoms with Crippen molar-refractivity contribution in [2.24, 2.45) is 5.84 Å². The summed E-state index contributed by atoms with van der Waals surface area (Å²) in [4.78, 5) is 11.3. The maximum absolute atomic E-state index is 11.3. The number of nitrogens with one attached hydrogen (secondary N) is 1. The lowest BCUT2D eigenvalue weighted by Gasteiger charge is -2.07. The highest BCUT2D eigenvalue weighted by Gasteiger charge is 2.13. The van der Waals surface area contributed by atoms with Gasteiger partial charge in [-0.25, -0.2) is 5.84 Å². The molecule has 0 saturated heterocycles. The Morgan fingerprint density at radius 1 is 1.47 bits per heavy atom. The van der Waals surface area contributed by atoms with Gasteiger partial charge in [-0.05, 0) is 17.6 Å². The lowest BCUT2D eigenvalue weighted by Crippen LogP contribution is -2.30. The van der Waals surface area contributed by atoms with E-state index >= 15 is 0 Å². The number of nitrogen functional groups attached to an aromatic ring is 1. The van der Waals surface area contributed by atoms with Crippen LogP contribution in [-0.4, -0.2) is 26.6 Å². The first-order valence-electron chi connectivity index (χ1n) is 4.65. The molecule has 1 aliphatic rings. The van der Waals surface area contributed by atoms with Crippen molar-refractivity contribution in [1.29, 1.82) is 0 Å². The van der Waals surface area contributed by atoms with Crippen molar-refractivity contribution >= 4 is 18.9 Å². The van der Waals surface area contributed by atoms with Gasteiger partial charge in [0.2, 0.25) is 0 Å². The standard InChI is InChI=1S/C9H11BN2O3/c11-12-9(13)6-1-2-7-8(5-6)14-3-4-15-10-7/h1-2,5,10H,3-4,11H2,(H,12,13). The van der Waals surface area contributed by atoms with E-state index in [0.29, 0.717) is 32.0 Å². The average Bonchev–Trinajstić information content (AvgIpc) is 2.51. The van der Waals surface area contributed by atoms with Gasteiger partial charge in [0.25, 0.3) is 5.91 Å². The zero-order valence-electron chi connectivity index (χ0n) is 8.16. The first-order chi connectivity index (χ1) is 7.31. The number of benzene rings is 1. The summed E-state index contributed by atoms with van der Waals surface area (Å²) in [5.74, 6) is 5.41. The van der Waals surface area contributed by atoms with Crippen LogP contribution < -0.4 is 21.5 Å². The predicted molar refractivity (Wildman–Crippen MR) is 56.3 cm³/mol. The summed E-state index contributed by atoms with van der Waals surface area (Å²) in [6.07, 6.45) is 0. The number of carbonyl (C=O) groups is 1. The smallest absolute Gasteiger partial charge is 0.312 e. The van der Waals surface area contributed by atoms with Crippen LogP contribution in [0.25, 0.3) is 0 Å². The number of hydrogen-bond donors (Lipinski definition) is 2. The summed E-state index contributed by atoms with van der Waals surface area (Å²) in [6.45, 7) is 1.06. The second-order valence-electron chi connectivity index (χ2n) is 3.20. The molecule has 1 heterocycles. The highest BCUT2D eigenvalue weighted by Crippen LogP contribution is 2.12. The SMILES string of the molecule is NNC(=O)c1ccc2c(c1)OCCOB2. The van der Waals surface area contributed by atoms with Gasteiger partial charge < -0.3 is 9.39 Å². The largest absolute Gasteiger partial charge is 0.492 e. The molecule has 0 aliphatic carbocycles. The number of hydrazine groups is 1. The molecule has 0 unspecified atom stereocenters. The lowest BCUT2D eigenvalue weighted by atomic mass is 9.86. The summed E-state index contributed by atoms with van der Waals surface area (Å²) >= 11 is 0. The van der Waals surface area contributed by atoms with Gasteiger partial charge in [-0.1, -0.05) is 6.07 Å². The van der Waals surface area contributed by atoms with Crippen molar-refractivity contribution in [3.63, 3.8) is 0 Å². The Labute approximate surface area is 87.8 Å². The molecular formula is C9H11BN2O3. The van der Waals surface area contributed by atoms with Crippen LogP contribution in [0.5, 0.6) is 5.75 Å². The molecule has 78 valence electrons. The van der Waals surface area contributed by atoms with Gasteiger partial charge in [0.1, 0.15) is 12.4 Å². The lowest BCUT2D eigenvalue weighted by molar-refractivity contribution is 0.0953. The fourth-order valence-corrected chi connectivity index (χ4v) is 1.43. The van der Waals surface area contributed by atoms with E-state index in [2.05, 4.69) is 5.43 Å². The molecule has 1 aliphatic heterocycles. The number of carbonyl (C=O) groups excluding carboxylic acids is 1. The quantitative estimate of drug-likeness (QED) is 0.258. The molecule has 0 saturated carbocycles. The summed E-state index contributed by atoms with van der Waals surface area (Å²) < 4.78 is 10.7. The maximum Gasteiger partial charge on any atom is 0.312 e. The number of amides is 1. The molecule has 0 bridgehead atoms. The Bertz CT molecular complexity index is 384. The minimum absolute atomic E-state index is 0.327. The van der Waals surface area contributed by atoms with Gasteiger partial charge in [-0.3, -0.25) is 10.2 Å². The molecule has 0 aromatic heterocycles. The van der Waals surface area contributed by atoms with Crippen molar-refractivity contribution in [2.45, 2.75) is 0 Å². The van der Waals surface area contributed by atoms with Gasteiger partial charge in [-0.15, -0.1) is 0 Å². The fourth-order valence-electron chi connectivity index (χ4n) is 1.43. The zero-order valence-corrected chi connectivity index (χ0v) is 8.16. The second-order valence-corrected chi connectivity index (χ2v) is 3.20. The van der Waals surface area contributed by atoms with Crippen LogP contribution >= 0.6 is 0 Å². The number of rotatable bonds is 1. The van der Waals surface area contributed by atoms with Crippen LogP contribution in [0.1, 0.15) is 10.4 Å². The molecule has 1 aromatic rings. The molecule has 6 heteroatoms. The van der Waals surface area contributed by atoms with Crippen LogP contribution in [0.15, 0.2) is 18.2 Å². The highest BCUT2D eigenvalue weighted by atomic mass is 16.5. The number of nitrogens with two attached hydrogens (primary N) is 1. The summed E-state index contributed by atoms with van der Waals surface area (Å²) in [5.41, 5.74) is 3.51. The molecule has 0 radical (unpaired) electrons. The number of fused-ring (bicyclic) bond motifs is 1. The van der Waals surface area contributed by atoms with E-state index in [1.165, 1.54) is 0 Å². The molecular weight excluding hydrogens is 195 g/mol. The summed E-state index contributed by atoms with van der Waals surface area (Å²) in [6, 6.07) is 5.18. The Morgan fingerprint density at radius 2 is 2.33 bits per heavy atom. The normalized spacial score (nSPS) is 14.2.